The van der Waals surface area contributed by atoms with Crippen LogP contribution in [0.15, 0.2) is 24.3 Å². The summed E-state index contributed by atoms with van der Waals surface area (Å²) in [5.74, 6) is 0.894. The molecule has 0 spiro atoms. The SMILES string of the molecule is CCCNC(COC)c1ccccc1OCCOC. The number of para-hydroxylation sites is 1. The molecule has 0 bridgehead atoms. The maximum Gasteiger partial charge on any atom is 0.124 e. The van der Waals surface area contributed by atoms with Crippen LogP contribution < -0.4 is 10.1 Å². The van der Waals surface area contributed by atoms with Crippen LogP contribution in [0.2, 0.25) is 0 Å². The van der Waals surface area contributed by atoms with Gasteiger partial charge >= 0.3 is 0 Å². The molecule has 4 heteroatoms. The number of ether oxygens (including phenoxy) is 3. The van der Waals surface area contributed by atoms with Crippen molar-refractivity contribution >= 4 is 0 Å². The van der Waals surface area contributed by atoms with E-state index in [-0.39, 0.29) is 6.04 Å². The van der Waals surface area contributed by atoms with Crippen LogP contribution in [0.25, 0.3) is 0 Å². The number of hydrogen-bond donors (Lipinski definition) is 1. The van der Waals surface area contributed by atoms with Crippen molar-refractivity contribution in [1.82, 2.24) is 5.32 Å². The summed E-state index contributed by atoms with van der Waals surface area (Å²) >= 11 is 0. The highest BCUT2D eigenvalue weighted by Gasteiger charge is 2.15. The Morgan fingerprint density at radius 2 is 1.89 bits per heavy atom. The minimum absolute atomic E-state index is 0.156. The monoisotopic (exact) mass is 267 g/mol. The zero-order chi connectivity index (χ0) is 13.9. The van der Waals surface area contributed by atoms with Crippen LogP contribution in [0.4, 0.5) is 0 Å². The molecule has 0 aromatic heterocycles. The van der Waals surface area contributed by atoms with E-state index in [0.717, 1.165) is 24.3 Å². The van der Waals surface area contributed by atoms with Crippen molar-refractivity contribution in [2.45, 2.75) is 19.4 Å². The second-order valence-electron chi connectivity index (χ2n) is 4.34. The van der Waals surface area contributed by atoms with Gasteiger partial charge in [-0.2, -0.15) is 0 Å². The van der Waals surface area contributed by atoms with E-state index in [4.69, 9.17) is 14.2 Å². The topological polar surface area (TPSA) is 39.7 Å². The molecule has 0 saturated heterocycles. The summed E-state index contributed by atoms with van der Waals surface area (Å²) in [4.78, 5) is 0. The number of benzene rings is 1. The summed E-state index contributed by atoms with van der Waals surface area (Å²) in [7, 11) is 3.39. The van der Waals surface area contributed by atoms with Crippen molar-refractivity contribution in [2.75, 3.05) is 40.6 Å². The van der Waals surface area contributed by atoms with E-state index in [2.05, 4.69) is 18.3 Å². The fourth-order valence-electron chi connectivity index (χ4n) is 1.88. The van der Waals surface area contributed by atoms with Crippen molar-refractivity contribution in [1.29, 1.82) is 0 Å². The molecule has 4 nitrogen and oxygen atoms in total. The summed E-state index contributed by atoms with van der Waals surface area (Å²) in [6.07, 6.45) is 1.09. The number of hydrogen-bond acceptors (Lipinski definition) is 4. The molecule has 0 saturated carbocycles. The van der Waals surface area contributed by atoms with Gasteiger partial charge in [0.1, 0.15) is 12.4 Å². The first-order chi connectivity index (χ1) is 9.33. The first-order valence-electron chi connectivity index (χ1n) is 6.76. The van der Waals surface area contributed by atoms with Crippen molar-refractivity contribution < 1.29 is 14.2 Å². The molecule has 1 aromatic carbocycles. The summed E-state index contributed by atoms with van der Waals surface area (Å²) in [5, 5.41) is 3.48. The molecule has 0 aliphatic rings. The molecular formula is C15H25NO3. The van der Waals surface area contributed by atoms with Gasteiger partial charge in [-0.3, -0.25) is 0 Å². The Bertz CT molecular complexity index is 344. The van der Waals surface area contributed by atoms with E-state index in [9.17, 15) is 0 Å². The molecule has 1 unspecified atom stereocenters. The predicted molar refractivity (Wildman–Crippen MR) is 76.7 cm³/mol. The van der Waals surface area contributed by atoms with Crippen molar-refractivity contribution in [2.24, 2.45) is 0 Å². The normalized spacial score (nSPS) is 12.4. The Morgan fingerprint density at radius 3 is 2.58 bits per heavy atom. The second kappa shape index (κ2) is 9.78. The first kappa shape index (κ1) is 16.0. The van der Waals surface area contributed by atoms with Crippen molar-refractivity contribution in [3.8, 4) is 5.75 Å². The van der Waals surface area contributed by atoms with Gasteiger partial charge in [0.05, 0.1) is 19.3 Å². The van der Waals surface area contributed by atoms with Gasteiger partial charge in [0.15, 0.2) is 0 Å². The molecule has 0 aliphatic heterocycles. The molecule has 108 valence electrons. The van der Waals surface area contributed by atoms with Crippen LogP contribution in [0.3, 0.4) is 0 Å². The molecular weight excluding hydrogens is 242 g/mol. The van der Waals surface area contributed by atoms with E-state index in [1.165, 1.54) is 0 Å². The first-order valence-corrected chi connectivity index (χ1v) is 6.76. The maximum absolute atomic E-state index is 5.76. The van der Waals surface area contributed by atoms with Gasteiger partial charge in [-0.1, -0.05) is 25.1 Å². The Kier molecular flexibility index (Phi) is 8.21. The van der Waals surface area contributed by atoms with E-state index >= 15 is 0 Å². The largest absolute Gasteiger partial charge is 0.491 e. The Labute approximate surface area is 116 Å². The highest BCUT2D eigenvalue weighted by atomic mass is 16.5. The third kappa shape index (κ3) is 5.59. The molecule has 0 heterocycles. The molecule has 0 radical (unpaired) electrons. The zero-order valence-corrected chi connectivity index (χ0v) is 12.1. The Balaban J connectivity index is 2.75. The van der Waals surface area contributed by atoms with Crippen LogP contribution in [-0.2, 0) is 9.47 Å². The lowest BCUT2D eigenvalue weighted by Crippen LogP contribution is -2.26. The minimum atomic E-state index is 0.156. The van der Waals surface area contributed by atoms with E-state index in [0.29, 0.717) is 19.8 Å². The lowest BCUT2D eigenvalue weighted by atomic mass is 10.1. The smallest absolute Gasteiger partial charge is 0.124 e. The second-order valence-corrected chi connectivity index (χ2v) is 4.34. The fraction of sp³-hybridized carbons (Fsp3) is 0.600. The highest BCUT2D eigenvalue weighted by Crippen LogP contribution is 2.25. The van der Waals surface area contributed by atoms with Crippen LogP contribution in [-0.4, -0.2) is 40.6 Å². The molecule has 19 heavy (non-hydrogen) atoms. The van der Waals surface area contributed by atoms with Gasteiger partial charge in [-0.25, -0.2) is 0 Å². The lowest BCUT2D eigenvalue weighted by Gasteiger charge is -2.21. The molecule has 1 N–H and O–H groups in total. The number of rotatable bonds is 10. The zero-order valence-electron chi connectivity index (χ0n) is 12.1. The van der Waals surface area contributed by atoms with E-state index in [1.807, 2.05) is 18.2 Å². The fourth-order valence-corrected chi connectivity index (χ4v) is 1.88. The number of nitrogens with one attached hydrogen (secondary N) is 1. The maximum atomic E-state index is 5.76. The molecule has 1 aromatic rings. The highest BCUT2D eigenvalue weighted by molar-refractivity contribution is 5.36. The van der Waals surface area contributed by atoms with E-state index in [1.54, 1.807) is 14.2 Å². The molecule has 1 atom stereocenters. The summed E-state index contributed by atoms with van der Waals surface area (Å²) in [6, 6.07) is 8.23. The van der Waals surface area contributed by atoms with Gasteiger partial charge < -0.3 is 19.5 Å². The van der Waals surface area contributed by atoms with Gasteiger partial charge in [-0.05, 0) is 19.0 Å². The van der Waals surface area contributed by atoms with Crippen LogP contribution in [0.1, 0.15) is 24.9 Å². The summed E-state index contributed by atoms with van der Waals surface area (Å²) in [6.45, 7) is 4.88. The van der Waals surface area contributed by atoms with Crippen molar-refractivity contribution in [3.05, 3.63) is 29.8 Å². The average Bonchev–Trinajstić information content (AvgIpc) is 2.44. The molecule has 0 fully saturated rings. The Morgan fingerprint density at radius 1 is 1.11 bits per heavy atom. The molecule has 0 amide bonds. The number of methoxy groups -OCH3 is 2. The average molecular weight is 267 g/mol. The minimum Gasteiger partial charge on any atom is -0.491 e. The quantitative estimate of drug-likeness (QED) is 0.661. The van der Waals surface area contributed by atoms with E-state index < -0.39 is 0 Å². The Hall–Kier alpha value is -1.10. The van der Waals surface area contributed by atoms with Crippen LogP contribution >= 0.6 is 0 Å². The van der Waals surface area contributed by atoms with Gasteiger partial charge in [0, 0.05) is 19.8 Å². The van der Waals surface area contributed by atoms with Crippen LogP contribution in [0.5, 0.6) is 5.75 Å². The van der Waals surface area contributed by atoms with Crippen molar-refractivity contribution in [3.63, 3.8) is 0 Å². The summed E-state index contributed by atoms with van der Waals surface area (Å²) < 4.78 is 16.1. The third-order valence-electron chi connectivity index (χ3n) is 2.81. The standard InChI is InChI=1S/C15H25NO3/c1-4-9-16-14(12-18-3)13-7-5-6-8-15(13)19-11-10-17-2/h5-8,14,16H,4,9-12H2,1-3H3. The van der Waals surface area contributed by atoms with Gasteiger partial charge in [0.2, 0.25) is 0 Å². The van der Waals surface area contributed by atoms with Gasteiger partial charge in [0.25, 0.3) is 0 Å². The molecule has 0 aliphatic carbocycles. The lowest BCUT2D eigenvalue weighted by molar-refractivity contribution is 0.142. The predicted octanol–water partition coefficient (Wildman–Crippen LogP) is 2.40. The van der Waals surface area contributed by atoms with Gasteiger partial charge in [-0.15, -0.1) is 0 Å². The summed E-state index contributed by atoms with van der Waals surface area (Å²) in [5.41, 5.74) is 1.13. The van der Waals surface area contributed by atoms with Crippen LogP contribution in [0, 0.1) is 0 Å². The molecule has 1 rings (SSSR count). The third-order valence-corrected chi connectivity index (χ3v) is 2.81.